The third-order valence-corrected chi connectivity index (χ3v) is 15.0. The summed E-state index contributed by atoms with van der Waals surface area (Å²) < 4.78 is 86.6. The van der Waals surface area contributed by atoms with Crippen molar-refractivity contribution in [2.75, 3.05) is 20.3 Å². The summed E-state index contributed by atoms with van der Waals surface area (Å²) in [4.78, 5) is 62.7. The van der Waals surface area contributed by atoms with Gasteiger partial charge in [-0.05, 0) is 99.8 Å². The fourth-order valence-electron chi connectivity index (χ4n) is 8.34. The number of sulfonamides is 1. The van der Waals surface area contributed by atoms with Gasteiger partial charge >= 0.3 is 5.97 Å². The van der Waals surface area contributed by atoms with E-state index in [9.17, 15) is 40.8 Å². The molecule has 7 atom stereocenters. The first-order chi connectivity index (χ1) is 27.2. The minimum absolute atomic E-state index is 0.0166. The van der Waals surface area contributed by atoms with E-state index in [2.05, 4.69) is 9.71 Å². The summed E-state index contributed by atoms with van der Waals surface area (Å²) in [6.45, 7) is 5.41. The van der Waals surface area contributed by atoms with E-state index < -0.39 is 105 Å². The maximum Gasteiger partial charge on any atom is 0.307 e. The molecule has 1 N–H and O–H groups in total. The number of ketones is 1. The minimum Gasteiger partial charge on any atom is -0.497 e. The van der Waals surface area contributed by atoms with Crippen LogP contribution in [0.1, 0.15) is 92.4 Å². The Kier molecular flexibility index (Phi) is 12.0. The number of nitrogens with one attached hydrogen (secondary N) is 1. The van der Waals surface area contributed by atoms with E-state index in [4.69, 9.17) is 14.2 Å². The molecule has 318 valence electrons. The van der Waals surface area contributed by atoms with Crippen LogP contribution in [0.25, 0.3) is 10.8 Å². The van der Waals surface area contributed by atoms with Gasteiger partial charge in [0.1, 0.15) is 23.3 Å². The Balaban J connectivity index is 1.35. The van der Waals surface area contributed by atoms with E-state index >= 15 is 0 Å². The Morgan fingerprint density at radius 3 is 2.47 bits per heavy atom. The summed E-state index contributed by atoms with van der Waals surface area (Å²) in [5, 5.41) is 1.41. The number of alkyl halides is 3. The van der Waals surface area contributed by atoms with Crippen molar-refractivity contribution in [2.24, 2.45) is 29.1 Å². The number of ether oxygens (including phenoxy) is 3. The number of pyridine rings is 1. The number of halogens is 3. The van der Waals surface area contributed by atoms with Crippen LogP contribution >= 0.6 is 0 Å². The molecule has 2 aliphatic carbocycles. The molecule has 0 bridgehead atoms. The lowest BCUT2D eigenvalue weighted by Crippen LogP contribution is -2.49. The van der Waals surface area contributed by atoms with Gasteiger partial charge in [-0.3, -0.25) is 23.9 Å². The third kappa shape index (κ3) is 8.72. The normalized spacial score (nSPS) is 29.6. The molecular weight excluding hydrogens is 780 g/mol. The van der Waals surface area contributed by atoms with Crippen LogP contribution in [0.5, 0.6) is 11.6 Å². The highest BCUT2D eigenvalue weighted by molar-refractivity contribution is 7.91. The van der Waals surface area contributed by atoms with E-state index in [1.54, 1.807) is 37.6 Å². The molecule has 2 saturated carbocycles. The van der Waals surface area contributed by atoms with Crippen LogP contribution in [0.3, 0.4) is 0 Å². The fourth-order valence-corrected chi connectivity index (χ4v) is 9.79. The summed E-state index contributed by atoms with van der Waals surface area (Å²) in [7, 11) is -2.85. The van der Waals surface area contributed by atoms with Crippen LogP contribution in [-0.4, -0.2) is 90.6 Å². The molecule has 3 heterocycles. The van der Waals surface area contributed by atoms with Gasteiger partial charge < -0.3 is 19.1 Å². The van der Waals surface area contributed by atoms with Gasteiger partial charge in [0.25, 0.3) is 5.92 Å². The van der Waals surface area contributed by atoms with Crippen molar-refractivity contribution in [1.29, 1.82) is 0 Å². The molecule has 0 radical (unpaired) electrons. The average molecular weight is 834 g/mol. The van der Waals surface area contributed by atoms with Crippen molar-refractivity contribution < 1.29 is 55.0 Å². The summed E-state index contributed by atoms with van der Waals surface area (Å²) in [5.74, 6) is -7.45. The zero-order valence-corrected chi connectivity index (χ0v) is 34.7. The molecule has 4 aliphatic rings. The molecule has 3 fully saturated rings. The standard InChI is InChI=1S/C42H54F3N3O9S/c1-25-9-7-8-10-28-21-42(28,38(52)47-58(53,54)41(24-43)14-15-41)22-34(49)33-19-30(56-36-31-12-11-29(55-6)18-27(31)13-16-46-36)23-48(33)37(51)32(26(2)17-25)20-35(50)57-39(3,4)40(5,44)45/h8,10-13,16,18,25-26,28,30,32-33H,7,9,14-15,17,19-24H2,1-6H3,(H,47,52)/b10-8-/t25-,26+,28+,30+,32-,33-,42+/m0/s1. The topological polar surface area (TPSA) is 158 Å². The highest BCUT2D eigenvalue weighted by atomic mass is 32.2. The number of nitrogens with zero attached hydrogens (tertiary/aromatic N) is 2. The smallest absolute Gasteiger partial charge is 0.307 e. The lowest BCUT2D eigenvalue weighted by molar-refractivity contribution is -0.197. The number of allylic oxidation sites excluding steroid dienone is 2. The molecular formula is C42H54F3N3O9S. The number of rotatable bonds is 11. The number of hydrogen-bond donors (Lipinski definition) is 1. The second-order valence-electron chi connectivity index (χ2n) is 17.6. The monoisotopic (exact) mass is 833 g/mol. The second kappa shape index (κ2) is 16.1. The SMILES string of the molecule is COc1ccc2c(O[C@@H]3C[C@H]4C(=O)C[C@]5(C(=O)NS(=O)(=O)C6(CF)CC6)C[C@H]5/C=C\CC[C@H](C)C[C@@H](C)[C@H](CC(=O)OC(C)(C)C(C)(F)F)C(=O)N4C3)nccc2c1. The van der Waals surface area contributed by atoms with Gasteiger partial charge in [-0.25, -0.2) is 26.6 Å². The highest BCUT2D eigenvalue weighted by Crippen LogP contribution is 2.58. The predicted molar refractivity (Wildman–Crippen MR) is 208 cm³/mol. The number of benzene rings is 1. The number of hydrogen-bond acceptors (Lipinski definition) is 10. The van der Waals surface area contributed by atoms with Crippen molar-refractivity contribution in [3.63, 3.8) is 0 Å². The van der Waals surface area contributed by atoms with E-state index in [1.807, 2.05) is 26.0 Å². The molecule has 2 aromatic rings. The molecule has 2 aliphatic heterocycles. The van der Waals surface area contributed by atoms with E-state index in [0.717, 1.165) is 19.2 Å². The Labute approximate surface area is 337 Å². The number of carbonyl (C=O) groups excluding carboxylic acids is 4. The van der Waals surface area contributed by atoms with E-state index in [1.165, 1.54) is 4.90 Å². The molecule has 16 heteroatoms. The second-order valence-corrected chi connectivity index (χ2v) is 19.6. The highest BCUT2D eigenvalue weighted by Gasteiger charge is 2.63. The molecule has 0 spiro atoms. The number of fused-ring (bicyclic) bond motifs is 3. The molecule has 58 heavy (non-hydrogen) atoms. The number of amides is 2. The van der Waals surface area contributed by atoms with Crippen molar-refractivity contribution in [3.8, 4) is 11.6 Å². The zero-order chi connectivity index (χ0) is 42.4. The van der Waals surface area contributed by atoms with Crippen molar-refractivity contribution in [2.45, 2.75) is 121 Å². The first-order valence-corrected chi connectivity index (χ1v) is 21.5. The minimum atomic E-state index is -4.39. The average Bonchev–Trinajstić information content (AvgIpc) is 4.05. The van der Waals surface area contributed by atoms with E-state index in [0.29, 0.717) is 37.3 Å². The molecule has 1 saturated heterocycles. The van der Waals surface area contributed by atoms with E-state index in [-0.39, 0.29) is 44.0 Å². The Morgan fingerprint density at radius 2 is 1.81 bits per heavy atom. The summed E-state index contributed by atoms with van der Waals surface area (Å²) in [5.41, 5.74) is -3.63. The van der Waals surface area contributed by atoms with Crippen LogP contribution in [0.2, 0.25) is 0 Å². The number of carbonyl (C=O) groups is 4. The van der Waals surface area contributed by atoms with Crippen LogP contribution in [-0.2, 0) is 33.9 Å². The number of methoxy groups -OCH3 is 1. The number of Topliss-reactive ketones (excluding diaryl/α,β-unsaturated/α-hetero) is 1. The molecule has 2 amide bonds. The molecule has 1 aromatic carbocycles. The molecule has 12 nitrogen and oxygen atoms in total. The van der Waals surface area contributed by atoms with Crippen molar-refractivity contribution in [1.82, 2.24) is 14.6 Å². The van der Waals surface area contributed by atoms with Gasteiger partial charge in [-0.2, -0.15) is 0 Å². The van der Waals surface area contributed by atoms with Crippen LogP contribution < -0.4 is 14.2 Å². The lowest BCUT2D eigenvalue weighted by atomic mass is 9.82. The predicted octanol–water partition coefficient (Wildman–Crippen LogP) is 6.50. The lowest BCUT2D eigenvalue weighted by Gasteiger charge is -2.34. The summed E-state index contributed by atoms with van der Waals surface area (Å²) in [6, 6.07) is 5.94. The van der Waals surface area contributed by atoms with Crippen molar-refractivity contribution >= 4 is 44.4 Å². The Morgan fingerprint density at radius 1 is 1.09 bits per heavy atom. The van der Waals surface area contributed by atoms with Gasteiger partial charge in [0.15, 0.2) is 11.4 Å². The zero-order valence-electron chi connectivity index (χ0n) is 33.9. The van der Waals surface area contributed by atoms with Gasteiger partial charge in [-0.1, -0.05) is 26.0 Å². The molecule has 1 aromatic heterocycles. The third-order valence-electron chi connectivity index (χ3n) is 12.8. The largest absolute Gasteiger partial charge is 0.497 e. The Hall–Kier alpha value is -4.21. The number of esters is 1. The first kappa shape index (κ1) is 43.4. The summed E-state index contributed by atoms with van der Waals surface area (Å²) >= 11 is 0. The van der Waals surface area contributed by atoms with Gasteiger partial charge in [-0.15, -0.1) is 0 Å². The molecule has 0 unspecified atom stereocenters. The molecule has 6 rings (SSSR count). The number of aromatic nitrogens is 1. The fraction of sp³-hybridized carbons (Fsp3) is 0.643. The maximum atomic E-state index is 14.9. The van der Waals surface area contributed by atoms with Gasteiger partial charge in [0.2, 0.25) is 27.7 Å². The summed E-state index contributed by atoms with van der Waals surface area (Å²) in [6.07, 6.45) is 5.60. The quantitative estimate of drug-likeness (QED) is 0.196. The first-order valence-electron chi connectivity index (χ1n) is 20.0. The van der Waals surface area contributed by atoms with Crippen molar-refractivity contribution in [3.05, 3.63) is 42.6 Å². The van der Waals surface area contributed by atoms with Crippen LogP contribution in [0.15, 0.2) is 42.6 Å². The van der Waals surface area contributed by atoms with Crippen LogP contribution in [0.4, 0.5) is 13.2 Å². The maximum absolute atomic E-state index is 14.9. The van der Waals surface area contributed by atoms with Gasteiger partial charge in [0, 0.05) is 31.3 Å². The van der Waals surface area contributed by atoms with Gasteiger partial charge in [0.05, 0.1) is 37.5 Å². The van der Waals surface area contributed by atoms with Crippen LogP contribution in [0, 0.1) is 29.1 Å². The Bertz CT molecular complexity index is 2070.